The van der Waals surface area contributed by atoms with E-state index in [0.29, 0.717) is 0 Å². The van der Waals surface area contributed by atoms with Crippen molar-refractivity contribution >= 4 is 6.08 Å². The van der Waals surface area contributed by atoms with Crippen LogP contribution in [-0.4, -0.2) is 7.11 Å². The fourth-order valence-corrected chi connectivity index (χ4v) is 0.849. The molecule has 0 amide bonds. The average Bonchev–Trinajstić information content (AvgIpc) is 2.37. The summed E-state index contributed by atoms with van der Waals surface area (Å²) in [5.41, 5.74) is 0.998. The highest BCUT2D eigenvalue weighted by Gasteiger charge is 1.88. The standard InChI is InChI=1S/C10H9NO.C3H3N/c1-12-10-6-4-9(5-7-10)3-2-8-11;1-2-3-4/h2-7H,1H3;2H,1H2. The Kier molecular flexibility index (Phi) is 7.63. The van der Waals surface area contributed by atoms with Crippen molar-refractivity contribution in [2.24, 2.45) is 0 Å². The zero-order valence-electron chi connectivity index (χ0n) is 9.05. The molecule has 0 saturated heterocycles. The van der Waals surface area contributed by atoms with E-state index in [1.54, 1.807) is 19.3 Å². The van der Waals surface area contributed by atoms with Crippen molar-refractivity contribution in [1.82, 2.24) is 0 Å². The predicted molar refractivity (Wildman–Crippen MR) is 63.5 cm³/mol. The molecule has 0 aliphatic heterocycles. The van der Waals surface area contributed by atoms with Crippen LogP contribution >= 0.6 is 0 Å². The molecular weight excluding hydrogens is 200 g/mol. The number of allylic oxidation sites excluding steroid dienone is 2. The smallest absolute Gasteiger partial charge is 0.118 e. The fourth-order valence-electron chi connectivity index (χ4n) is 0.849. The van der Waals surface area contributed by atoms with Crippen molar-refractivity contribution in [3.63, 3.8) is 0 Å². The summed E-state index contributed by atoms with van der Waals surface area (Å²) >= 11 is 0. The number of methoxy groups -OCH3 is 1. The second-order valence-electron chi connectivity index (χ2n) is 2.57. The maximum absolute atomic E-state index is 8.27. The molecule has 0 aliphatic rings. The Hall–Kier alpha value is -2.52. The maximum atomic E-state index is 8.27. The Labute approximate surface area is 95.5 Å². The van der Waals surface area contributed by atoms with E-state index in [1.807, 2.05) is 30.3 Å². The molecule has 0 fully saturated rings. The van der Waals surface area contributed by atoms with Crippen LogP contribution in [0.4, 0.5) is 0 Å². The minimum atomic E-state index is 0.823. The van der Waals surface area contributed by atoms with Crippen molar-refractivity contribution in [3.8, 4) is 17.9 Å². The first-order valence-corrected chi connectivity index (χ1v) is 4.49. The molecule has 3 nitrogen and oxygen atoms in total. The van der Waals surface area contributed by atoms with E-state index in [2.05, 4.69) is 6.58 Å². The number of hydrogen-bond acceptors (Lipinski definition) is 3. The molecule has 1 rings (SSSR count). The molecule has 0 saturated carbocycles. The van der Waals surface area contributed by atoms with Gasteiger partial charge in [0.25, 0.3) is 0 Å². The molecule has 0 aromatic heterocycles. The Morgan fingerprint density at radius 1 is 1.19 bits per heavy atom. The maximum Gasteiger partial charge on any atom is 0.118 e. The molecule has 0 radical (unpaired) electrons. The molecule has 0 aliphatic carbocycles. The van der Waals surface area contributed by atoms with Gasteiger partial charge in [-0.05, 0) is 23.8 Å². The normalized spacial score (nSPS) is 8.19. The molecule has 16 heavy (non-hydrogen) atoms. The number of hydrogen-bond donors (Lipinski definition) is 0. The van der Waals surface area contributed by atoms with Gasteiger partial charge in [-0.15, -0.1) is 0 Å². The monoisotopic (exact) mass is 212 g/mol. The van der Waals surface area contributed by atoms with Crippen LogP contribution in [0.1, 0.15) is 5.56 Å². The van der Waals surface area contributed by atoms with Gasteiger partial charge in [0.1, 0.15) is 5.75 Å². The zero-order valence-corrected chi connectivity index (χ0v) is 9.05. The quantitative estimate of drug-likeness (QED) is 0.708. The van der Waals surface area contributed by atoms with Crippen LogP contribution in [0.5, 0.6) is 5.75 Å². The van der Waals surface area contributed by atoms with Crippen molar-refractivity contribution < 1.29 is 4.74 Å². The lowest BCUT2D eigenvalue weighted by Gasteiger charge is -1.97. The minimum absolute atomic E-state index is 0.823. The van der Waals surface area contributed by atoms with Gasteiger partial charge >= 0.3 is 0 Å². The first kappa shape index (κ1) is 13.5. The summed E-state index contributed by atoms with van der Waals surface area (Å²) in [4.78, 5) is 0. The van der Waals surface area contributed by atoms with E-state index in [1.165, 1.54) is 12.2 Å². The first-order chi connectivity index (χ1) is 7.78. The predicted octanol–water partition coefficient (Wildman–Crippen LogP) is 2.93. The molecule has 0 spiro atoms. The van der Waals surface area contributed by atoms with Gasteiger partial charge in [0, 0.05) is 12.2 Å². The molecular formula is C13H12N2O. The topological polar surface area (TPSA) is 56.8 Å². The van der Waals surface area contributed by atoms with Crippen molar-refractivity contribution in [3.05, 3.63) is 48.6 Å². The van der Waals surface area contributed by atoms with Crippen LogP contribution in [-0.2, 0) is 0 Å². The van der Waals surface area contributed by atoms with Gasteiger partial charge in [0.05, 0.1) is 19.2 Å². The SMILES string of the molecule is C=CC#N.COc1ccc(C=CC#N)cc1. The van der Waals surface area contributed by atoms with Crippen LogP contribution in [0.25, 0.3) is 6.08 Å². The van der Waals surface area contributed by atoms with Gasteiger partial charge in [-0.25, -0.2) is 0 Å². The lowest BCUT2D eigenvalue weighted by molar-refractivity contribution is 0.415. The van der Waals surface area contributed by atoms with Crippen LogP contribution < -0.4 is 4.74 Å². The molecule has 0 N–H and O–H groups in total. The Bertz CT molecular complexity index is 419. The molecule has 0 unspecified atom stereocenters. The van der Waals surface area contributed by atoms with Gasteiger partial charge in [-0.2, -0.15) is 10.5 Å². The van der Waals surface area contributed by atoms with Gasteiger partial charge in [-0.1, -0.05) is 18.7 Å². The highest BCUT2D eigenvalue weighted by molar-refractivity contribution is 5.52. The molecule has 1 aromatic carbocycles. The summed E-state index contributed by atoms with van der Waals surface area (Å²) in [6.45, 7) is 3.12. The van der Waals surface area contributed by atoms with Crippen LogP contribution in [0.15, 0.2) is 43.0 Å². The van der Waals surface area contributed by atoms with Gasteiger partial charge in [-0.3, -0.25) is 0 Å². The number of nitriles is 2. The second kappa shape index (κ2) is 9.05. The van der Waals surface area contributed by atoms with Crippen molar-refractivity contribution in [2.75, 3.05) is 7.11 Å². The lowest BCUT2D eigenvalue weighted by atomic mass is 10.2. The molecule has 0 heterocycles. The number of nitrogens with zero attached hydrogens (tertiary/aromatic N) is 2. The molecule has 80 valence electrons. The Morgan fingerprint density at radius 3 is 2.12 bits per heavy atom. The van der Waals surface area contributed by atoms with E-state index in [-0.39, 0.29) is 0 Å². The highest BCUT2D eigenvalue weighted by Crippen LogP contribution is 2.11. The van der Waals surface area contributed by atoms with Crippen LogP contribution in [0.3, 0.4) is 0 Å². The third kappa shape index (κ3) is 6.01. The summed E-state index contributed by atoms with van der Waals surface area (Å²) in [6, 6.07) is 11.1. The van der Waals surface area contributed by atoms with E-state index < -0.39 is 0 Å². The van der Waals surface area contributed by atoms with Crippen molar-refractivity contribution in [2.45, 2.75) is 0 Å². The first-order valence-electron chi connectivity index (χ1n) is 4.49. The molecule has 1 aromatic rings. The van der Waals surface area contributed by atoms with Gasteiger partial charge < -0.3 is 4.74 Å². The second-order valence-corrected chi connectivity index (χ2v) is 2.57. The number of benzene rings is 1. The van der Waals surface area contributed by atoms with E-state index in [4.69, 9.17) is 15.3 Å². The third-order valence-corrected chi connectivity index (χ3v) is 1.56. The summed E-state index contributed by atoms with van der Waals surface area (Å²) in [7, 11) is 1.63. The Balaban J connectivity index is 0.000000487. The number of ether oxygens (including phenoxy) is 1. The zero-order chi connectivity index (χ0) is 12.2. The summed E-state index contributed by atoms with van der Waals surface area (Å²) < 4.78 is 4.98. The highest BCUT2D eigenvalue weighted by atomic mass is 16.5. The van der Waals surface area contributed by atoms with E-state index >= 15 is 0 Å². The third-order valence-electron chi connectivity index (χ3n) is 1.56. The largest absolute Gasteiger partial charge is 0.497 e. The average molecular weight is 212 g/mol. The molecule has 0 bridgehead atoms. The minimum Gasteiger partial charge on any atom is -0.497 e. The van der Waals surface area contributed by atoms with Crippen molar-refractivity contribution in [1.29, 1.82) is 10.5 Å². The van der Waals surface area contributed by atoms with E-state index in [0.717, 1.165) is 11.3 Å². The van der Waals surface area contributed by atoms with E-state index in [9.17, 15) is 0 Å². The van der Waals surface area contributed by atoms with Gasteiger partial charge in [0.15, 0.2) is 0 Å². The Morgan fingerprint density at radius 2 is 1.75 bits per heavy atom. The van der Waals surface area contributed by atoms with Crippen LogP contribution in [0.2, 0.25) is 0 Å². The summed E-state index contributed by atoms with van der Waals surface area (Å²) in [5.74, 6) is 0.823. The lowest BCUT2D eigenvalue weighted by Crippen LogP contribution is -1.81. The molecule has 3 heteroatoms. The molecule has 0 atom stereocenters. The number of rotatable bonds is 2. The van der Waals surface area contributed by atoms with Crippen LogP contribution in [0, 0.1) is 22.7 Å². The summed E-state index contributed by atoms with van der Waals surface area (Å²) in [5, 5.41) is 15.8. The summed E-state index contributed by atoms with van der Waals surface area (Å²) in [6.07, 6.45) is 4.38. The fraction of sp³-hybridized carbons (Fsp3) is 0.0769. The van der Waals surface area contributed by atoms with Gasteiger partial charge in [0.2, 0.25) is 0 Å².